The van der Waals surface area contributed by atoms with Gasteiger partial charge in [-0.3, -0.25) is 0 Å². The number of nitrogens with zero attached hydrogens (tertiary/aromatic N) is 1. The van der Waals surface area contributed by atoms with Crippen LogP contribution >= 0.6 is 11.8 Å². The fourth-order valence-corrected chi connectivity index (χ4v) is 2.25. The normalized spacial score (nSPS) is 11.4. The largest absolute Gasteiger partial charge is 0.333 e. The Balaban J connectivity index is 1.89. The molecule has 0 aliphatic rings. The zero-order valence-corrected chi connectivity index (χ0v) is 10.5. The third kappa shape index (κ3) is 3.00. The highest BCUT2D eigenvalue weighted by atomic mass is 32.2. The number of para-hydroxylation sites is 2. The Morgan fingerprint density at radius 3 is 2.94 bits per heavy atom. The summed E-state index contributed by atoms with van der Waals surface area (Å²) < 4.78 is 0. The number of rotatable bonds is 5. The smallest absolute Gasteiger partial charge is 0.166 e. The van der Waals surface area contributed by atoms with Gasteiger partial charge in [0.15, 0.2) is 5.16 Å². The maximum atomic E-state index is 4.51. The van der Waals surface area contributed by atoms with Crippen molar-refractivity contribution in [3.63, 3.8) is 0 Å². The number of nitrogens with one attached hydrogen (secondary N) is 2. The van der Waals surface area contributed by atoms with Crippen LogP contribution in [0.15, 0.2) is 29.4 Å². The first-order valence-corrected chi connectivity index (χ1v) is 6.55. The predicted octanol–water partition coefficient (Wildman–Crippen LogP) is 2.65. The average molecular weight is 235 g/mol. The predicted molar refractivity (Wildman–Crippen MR) is 70.0 cm³/mol. The molecule has 0 amide bonds. The number of fused-ring (bicyclic) bond motifs is 1. The fourth-order valence-electron chi connectivity index (χ4n) is 1.49. The lowest BCUT2D eigenvalue weighted by Crippen LogP contribution is -2.24. The highest BCUT2D eigenvalue weighted by Gasteiger charge is 2.01. The zero-order valence-electron chi connectivity index (χ0n) is 9.66. The van der Waals surface area contributed by atoms with Gasteiger partial charge in [0.2, 0.25) is 0 Å². The molecule has 0 atom stereocenters. The Labute approximate surface area is 100 Å². The second-order valence-electron chi connectivity index (χ2n) is 4.02. The van der Waals surface area contributed by atoms with Crippen LogP contribution in [0.4, 0.5) is 0 Å². The minimum absolute atomic E-state index is 0.552. The van der Waals surface area contributed by atoms with Gasteiger partial charge in [-0.05, 0) is 12.1 Å². The van der Waals surface area contributed by atoms with Gasteiger partial charge in [0, 0.05) is 18.3 Å². The molecule has 0 saturated heterocycles. The van der Waals surface area contributed by atoms with Crippen molar-refractivity contribution in [2.24, 2.45) is 0 Å². The third-order valence-electron chi connectivity index (χ3n) is 2.26. The molecule has 0 bridgehead atoms. The molecule has 2 N–H and O–H groups in total. The van der Waals surface area contributed by atoms with E-state index in [2.05, 4.69) is 35.2 Å². The maximum Gasteiger partial charge on any atom is 0.166 e. The summed E-state index contributed by atoms with van der Waals surface area (Å²) in [6, 6.07) is 8.67. The lowest BCUT2D eigenvalue weighted by molar-refractivity contribution is 0.616. The van der Waals surface area contributed by atoms with Gasteiger partial charge >= 0.3 is 0 Å². The van der Waals surface area contributed by atoms with Gasteiger partial charge in [-0.25, -0.2) is 4.98 Å². The second kappa shape index (κ2) is 5.37. The molecule has 4 heteroatoms. The Morgan fingerprint density at radius 1 is 1.38 bits per heavy atom. The van der Waals surface area contributed by atoms with Crippen molar-refractivity contribution in [1.29, 1.82) is 0 Å². The SMILES string of the molecule is CC(C)NCCSc1nc2ccccc2[nH]1. The second-order valence-corrected chi connectivity index (χ2v) is 5.10. The molecular formula is C12H17N3S. The number of imidazole rings is 1. The van der Waals surface area contributed by atoms with Gasteiger partial charge in [-0.1, -0.05) is 37.7 Å². The van der Waals surface area contributed by atoms with Crippen LogP contribution in [0.25, 0.3) is 11.0 Å². The molecule has 0 spiro atoms. The molecular weight excluding hydrogens is 218 g/mol. The van der Waals surface area contributed by atoms with Gasteiger partial charge in [-0.15, -0.1) is 0 Å². The van der Waals surface area contributed by atoms with E-state index < -0.39 is 0 Å². The van der Waals surface area contributed by atoms with Crippen LogP contribution in [-0.2, 0) is 0 Å². The summed E-state index contributed by atoms with van der Waals surface area (Å²) in [5.74, 6) is 1.04. The van der Waals surface area contributed by atoms with Crippen LogP contribution in [0, 0.1) is 0 Å². The number of benzene rings is 1. The van der Waals surface area contributed by atoms with E-state index in [0.717, 1.165) is 28.5 Å². The van der Waals surface area contributed by atoms with Crippen molar-refractivity contribution in [1.82, 2.24) is 15.3 Å². The first-order valence-electron chi connectivity index (χ1n) is 5.56. The summed E-state index contributed by atoms with van der Waals surface area (Å²) in [6.45, 7) is 5.33. The van der Waals surface area contributed by atoms with Crippen molar-refractivity contribution in [3.05, 3.63) is 24.3 Å². The van der Waals surface area contributed by atoms with Gasteiger partial charge in [0.25, 0.3) is 0 Å². The Kier molecular flexibility index (Phi) is 3.85. The van der Waals surface area contributed by atoms with Crippen LogP contribution in [0.3, 0.4) is 0 Å². The molecule has 0 saturated carbocycles. The standard InChI is InChI=1S/C12H17N3S/c1-9(2)13-7-8-16-12-14-10-5-3-4-6-11(10)15-12/h3-6,9,13H,7-8H2,1-2H3,(H,14,15). The van der Waals surface area contributed by atoms with E-state index in [4.69, 9.17) is 0 Å². The number of hydrogen-bond donors (Lipinski definition) is 2. The molecule has 2 aromatic rings. The van der Waals surface area contributed by atoms with E-state index in [1.807, 2.05) is 18.2 Å². The molecule has 1 aromatic carbocycles. The quantitative estimate of drug-likeness (QED) is 0.618. The van der Waals surface area contributed by atoms with E-state index in [1.54, 1.807) is 11.8 Å². The molecule has 0 unspecified atom stereocenters. The number of aromatic nitrogens is 2. The van der Waals surface area contributed by atoms with Crippen LogP contribution < -0.4 is 5.32 Å². The highest BCUT2D eigenvalue weighted by Crippen LogP contribution is 2.18. The summed E-state index contributed by atoms with van der Waals surface area (Å²) in [5, 5.41) is 4.39. The molecule has 1 heterocycles. The van der Waals surface area contributed by atoms with Crippen LogP contribution in [0.2, 0.25) is 0 Å². The molecule has 3 nitrogen and oxygen atoms in total. The molecule has 2 rings (SSSR count). The lowest BCUT2D eigenvalue weighted by Gasteiger charge is -2.05. The minimum Gasteiger partial charge on any atom is -0.333 e. The molecule has 1 aromatic heterocycles. The van der Waals surface area contributed by atoms with Gasteiger partial charge < -0.3 is 10.3 Å². The molecule has 0 fully saturated rings. The van der Waals surface area contributed by atoms with Crippen molar-refractivity contribution < 1.29 is 0 Å². The number of hydrogen-bond acceptors (Lipinski definition) is 3. The van der Waals surface area contributed by atoms with E-state index >= 15 is 0 Å². The minimum atomic E-state index is 0.552. The third-order valence-corrected chi connectivity index (χ3v) is 3.14. The van der Waals surface area contributed by atoms with Gasteiger partial charge in [0.1, 0.15) is 0 Å². The van der Waals surface area contributed by atoms with Gasteiger partial charge in [-0.2, -0.15) is 0 Å². The summed E-state index contributed by atoms with van der Waals surface area (Å²) in [5.41, 5.74) is 2.16. The van der Waals surface area contributed by atoms with Crippen molar-refractivity contribution in [2.75, 3.05) is 12.3 Å². The van der Waals surface area contributed by atoms with Crippen molar-refractivity contribution in [3.8, 4) is 0 Å². The zero-order chi connectivity index (χ0) is 11.4. The maximum absolute atomic E-state index is 4.51. The summed E-state index contributed by atoms with van der Waals surface area (Å²) in [4.78, 5) is 7.82. The van der Waals surface area contributed by atoms with E-state index in [0.29, 0.717) is 6.04 Å². The van der Waals surface area contributed by atoms with Crippen molar-refractivity contribution >= 4 is 22.8 Å². The monoisotopic (exact) mass is 235 g/mol. The Bertz CT molecular complexity index is 417. The lowest BCUT2D eigenvalue weighted by atomic mass is 10.3. The topological polar surface area (TPSA) is 40.7 Å². The molecule has 0 radical (unpaired) electrons. The van der Waals surface area contributed by atoms with Crippen molar-refractivity contribution in [2.45, 2.75) is 25.0 Å². The Morgan fingerprint density at radius 2 is 2.19 bits per heavy atom. The fraction of sp³-hybridized carbons (Fsp3) is 0.417. The summed E-state index contributed by atoms with van der Waals surface area (Å²) >= 11 is 1.76. The summed E-state index contributed by atoms with van der Waals surface area (Å²) in [7, 11) is 0. The Hall–Kier alpha value is -1.00. The highest BCUT2D eigenvalue weighted by molar-refractivity contribution is 7.99. The first-order chi connectivity index (χ1) is 7.75. The molecule has 16 heavy (non-hydrogen) atoms. The van der Waals surface area contributed by atoms with Crippen LogP contribution in [-0.4, -0.2) is 28.3 Å². The van der Waals surface area contributed by atoms with Gasteiger partial charge in [0.05, 0.1) is 11.0 Å². The summed E-state index contributed by atoms with van der Waals surface area (Å²) in [6.07, 6.45) is 0. The first kappa shape index (κ1) is 11.5. The number of thioether (sulfide) groups is 1. The van der Waals surface area contributed by atoms with Crippen LogP contribution in [0.5, 0.6) is 0 Å². The van der Waals surface area contributed by atoms with E-state index in [9.17, 15) is 0 Å². The van der Waals surface area contributed by atoms with Crippen LogP contribution in [0.1, 0.15) is 13.8 Å². The van der Waals surface area contributed by atoms with E-state index in [-0.39, 0.29) is 0 Å². The molecule has 0 aliphatic heterocycles. The molecule has 0 aliphatic carbocycles. The average Bonchev–Trinajstić information content (AvgIpc) is 2.66. The number of H-pyrrole nitrogens is 1. The number of aromatic amines is 1. The molecule has 86 valence electrons. The van der Waals surface area contributed by atoms with E-state index in [1.165, 1.54) is 0 Å².